The van der Waals surface area contributed by atoms with Crippen molar-refractivity contribution in [3.63, 3.8) is 0 Å². The molecule has 1 aliphatic heterocycles. The molecule has 2 fully saturated rings. The first-order valence-electron chi connectivity index (χ1n) is 7.78. The van der Waals surface area contributed by atoms with Gasteiger partial charge in [0.05, 0.1) is 0 Å². The number of phenols is 1. The summed E-state index contributed by atoms with van der Waals surface area (Å²) in [6.45, 7) is 3.15. The number of nitrogens with zero attached hydrogens (tertiary/aromatic N) is 1. The number of phenolic OH excluding ortho intramolecular Hbond substituents is 1. The molecule has 114 valence electrons. The van der Waals surface area contributed by atoms with Crippen molar-refractivity contribution in [1.82, 2.24) is 4.90 Å². The van der Waals surface area contributed by atoms with Gasteiger partial charge in [0.1, 0.15) is 5.75 Å². The minimum absolute atomic E-state index is 0.0138. The van der Waals surface area contributed by atoms with Crippen molar-refractivity contribution >= 4 is 0 Å². The lowest BCUT2D eigenvalue weighted by Crippen LogP contribution is -2.59. The summed E-state index contributed by atoms with van der Waals surface area (Å²) >= 11 is 0. The molecule has 1 unspecified atom stereocenters. The Balaban J connectivity index is 1.38. The maximum absolute atomic E-state index is 9.97. The van der Waals surface area contributed by atoms with Crippen LogP contribution in [-0.2, 0) is 17.6 Å². The summed E-state index contributed by atoms with van der Waals surface area (Å²) in [5.74, 6) is 0.377. The maximum Gasteiger partial charge on any atom is 0.160 e. The third-order valence-corrected chi connectivity index (χ3v) is 5.62. The van der Waals surface area contributed by atoms with Crippen LogP contribution in [0.5, 0.6) is 5.75 Å². The van der Waals surface area contributed by atoms with E-state index in [1.807, 2.05) is 6.07 Å². The second kappa shape index (κ2) is 4.45. The average Bonchev–Trinajstić information content (AvgIpc) is 3.10. The van der Waals surface area contributed by atoms with Gasteiger partial charge in [0.25, 0.3) is 0 Å². The van der Waals surface area contributed by atoms with Gasteiger partial charge in [0, 0.05) is 37.6 Å². The number of fused-ring (bicyclic) bond motifs is 1. The molecule has 2 N–H and O–H groups in total. The first kappa shape index (κ1) is 13.6. The number of rotatable bonds is 4. The van der Waals surface area contributed by atoms with Gasteiger partial charge >= 0.3 is 0 Å². The van der Waals surface area contributed by atoms with E-state index in [4.69, 9.17) is 4.74 Å². The zero-order valence-electron chi connectivity index (χ0n) is 12.5. The number of likely N-dealkylation sites (tertiary alicyclic amines) is 1. The minimum atomic E-state index is -0.619. The fourth-order valence-corrected chi connectivity index (χ4v) is 4.40. The molecule has 1 saturated heterocycles. The van der Waals surface area contributed by atoms with E-state index >= 15 is 0 Å². The summed E-state index contributed by atoms with van der Waals surface area (Å²) in [6, 6.07) is 5.78. The molecule has 3 aliphatic rings. The summed E-state index contributed by atoms with van der Waals surface area (Å²) in [5.41, 5.74) is 3.06. The fraction of sp³-hybridized carbons (Fsp3) is 0.647. The van der Waals surface area contributed by atoms with Crippen molar-refractivity contribution in [1.29, 1.82) is 0 Å². The Morgan fingerprint density at radius 3 is 2.62 bits per heavy atom. The lowest BCUT2D eigenvalue weighted by Gasteiger charge is -2.50. The molecule has 1 aromatic rings. The van der Waals surface area contributed by atoms with E-state index in [9.17, 15) is 10.2 Å². The molecular formula is C17H23NO3. The molecule has 1 heterocycles. The maximum atomic E-state index is 9.97. The van der Waals surface area contributed by atoms with Gasteiger partial charge in [-0.3, -0.25) is 0 Å². The van der Waals surface area contributed by atoms with Crippen LogP contribution < -0.4 is 0 Å². The van der Waals surface area contributed by atoms with Crippen LogP contribution in [0.15, 0.2) is 18.2 Å². The number of aromatic hydroxyl groups is 1. The second-order valence-electron chi connectivity index (χ2n) is 7.40. The Kier molecular flexibility index (Phi) is 2.87. The van der Waals surface area contributed by atoms with Gasteiger partial charge in [-0.25, -0.2) is 0 Å². The highest BCUT2D eigenvalue weighted by Crippen LogP contribution is 2.52. The molecule has 0 bridgehead atoms. The number of aliphatic hydroxyl groups is 1. The minimum Gasteiger partial charge on any atom is -0.508 e. The zero-order valence-corrected chi connectivity index (χ0v) is 12.5. The highest BCUT2D eigenvalue weighted by Gasteiger charge is 2.55. The van der Waals surface area contributed by atoms with Crippen LogP contribution in [0.3, 0.4) is 0 Å². The lowest BCUT2D eigenvalue weighted by atomic mass is 9.76. The van der Waals surface area contributed by atoms with Crippen LogP contribution in [-0.4, -0.2) is 48.1 Å². The number of hydrogen-bond acceptors (Lipinski definition) is 4. The van der Waals surface area contributed by atoms with E-state index in [0.717, 1.165) is 45.3 Å². The summed E-state index contributed by atoms with van der Waals surface area (Å²) in [5, 5.41) is 19.6. The number of hydrogen-bond donors (Lipinski definition) is 2. The monoisotopic (exact) mass is 289 g/mol. The molecule has 2 aliphatic carbocycles. The Labute approximate surface area is 125 Å². The van der Waals surface area contributed by atoms with E-state index < -0.39 is 6.29 Å². The Hall–Kier alpha value is -1.10. The van der Waals surface area contributed by atoms with Crippen molar-refractivity contribution in [2.24, 2.45) is 10.8 Å². The highest BCUT2D eigenvalue weighted by molar-refractivity contribution is 5.41. The van der Waals surface area contributed by atoms with E-state index in [2.05, 4.69) is 11.0 Å². The molecular weight excluding hydrogens is 266 g/mol. The molecule has 1 spiro atoms. The third-order valence-electron chi connectivity index (χ3n) is 5.62. The quantitative estimate of drug-likeness (QED) is 0.826. The standard InChI is InChI=1S/C17H23NO3/c1-21-15(20)17(4-5-17)11-18-9-16(10-18)7-12-2-3-14(19)6-13(12)8-16/h2-3,6,15,19-20H,4-5,7-11H2,1H3. The van der Waals surface area contributed by atoms with Crippen molar-refractivity contribution in [3.8, 4) is 5.75 Å². The van der Waals surface area contributed by atoms with Crippen LogP contribution in [0.1, 0.15) is 24.0 Å². The number of methoxy groups -OCH3 is 1. The van der Waals surface area contributed by atoms with Gasteiger partial charge in [-0.05, 0) is 48.9 Å². The third kappa shape index (κ3) is 2.17. The first-order valence-corrected chi connectivity index (χ1v) is 7.78. The first-order chi connectivity index (χ1) is 10.0. The smallest absolute Gasteiger partial charge is 0.160 e. The Bertz CT molecular complexity index is 561. The second-order valence-corrected chi connectivity index (χ2v) is 7.40. The van der Waals surface area contributed by atoms with Crippen LogP contribution in [0.2, 0.25) is 0 Å². The highest BCUT2D eigenvalue weighted by atomic mass is 16.6. The van der Waals surface area contributed by atoms with Gasteiger partial charge in [0.15, 0.2) is 6.29 Å². The largest absolute Gasteiger partial charge is 0.508 e. The van der Waals surface area contributed by atoms with Crippen LogP contribution >= 0.6 is 0 Å². The number of aliphatic hydroxyl groups excluding tert-OH is 1. The Morgan fingerprint density at radius 2 is 1.95 bits per heavy atom. The van der Waals surface area contributed by atoms with Crippen LogP contribution in [0.4, 0.5) is 0 Å². The van der Waals surface area contributed by atoms with E-state index in [1.165, 1.54) is 11.1 Å². The SMILES string of the molecule is COC(O)C1(CN2CC3(Cc4ccc(O)cc4C3)C2)CC1. The zero-order chi connectivity index (χ0) is 14.7. The summed E-state index contributed by atoms with van der Waals surface area (Å²) in [6.07, 6.45) is 3.72. The molecule has 4 heteroatoms. The normalized spacial score (nSPS) is 26.4. The van der Waals surface area contributed by atoms with Gasteiger partial charge in [-0.2, -0.15) is 0 Å². The number of benzene rings is 1. The predicted molar refractivity (Wildman–Crippen MR) is 79.1 cm³/mol. The van der Waals surface area contributed by atoms with E-state index in [-0.39, 0.29) is 5.41 Å². The molecule has 0 aromatic heterocycles. The Morgan fingerprint density at radius 1 is 1.24 bits per heavy atom. The predicted octanol–water partition coefficient (Wildman–Crippen LogP) is 1.54. The van der Waals surface area contributed by atoms with Gasteiger partial charge in [0.2, 0.25) is 0 Å². The van der Waals surface area contributed by atoms with E-state index in [0.29, 0.717) is 11.2 Å². The van der Waals surface area contributed by atoms with Crippen LogP contribution in [0.25, 0.3) is 0 Å². The summed E-state index contributed by atoms with van der Waals surface area (Å²) in [7, 11) is 1.59. The molecule has 1 atom stereocenters. The van der Waals surface area contributed by atoms with E-state index in [1.54, 1.807) is 13.2 Å². The fourth-order valence-electron chi connectivity index (χ4n) is 4.40. The van der Waals surface area contributed by atoms with Gasteiger partial charge < -0.3 is 19.8 Å². The van der Waals surface area contributed by atoms with Crippen LogP contribution in [0, 0.1) is 10.8 Å². The van der Waals surface area contributed by atoms with Gasteiger partial charge in [-0.1, -0.05) is 6.07 Å². The molecule has 4 rings (SSSR count). The molecule has 1 aromatic carbocycles. The lowest BCUT2D eigenvalue weighted by molar-refractivity contribution is -0.139. The summed E-state index contributed by atoms with van der Waals surface area (Å²) < 4.78 is 5.13. The molecule has 0 amide bonds. The topological polar surface area (TPSA) is 52.9 Å². The molecule has 4 nitrogen and oxygen atoms in total. The molecule has 1 saturated carbocycles. The number of ether oxygens (including phenoxy) is 1. The molecule has 0 radical (unpaired) electrons. The molecule has 21 heavy (non-hydrogen) atoms. The van der Waals surface area contributed by atoms with Gasteiger partial charge in [-0.15, -0.1) is 0 Å². The van der Waals surface area contributed by atoms with Crippen molar-refractivity contribution in [3.05, 3.63) is 29.3 Å². The van der Waals surface area contributed by atoms with Crippen molar-refractivity contribution < 1.29 is 14.9 Å². The summed E-state index contributed by atoms with van der Waals surface area (Å²) in [4.78, 5) is 2.46. The van der Waals surface area contributed by atoms with Crippen molar-refractivity contribution in [2.75, 3.05) is 26.7 Å². The average molecular weight is 289 g/mol. The van der Waals surface area contributed by atoms with Crippen molar-refractivity contribution in [2.45, 2.75) is 32.0 Å².